The molecule has 0 spiro atoms. The van der Waals surface area contributed by atoms with Crippen LogP contribution in [0, 0.1) is 0 Å². The molecule has 0 aliphatic rings. The summed E-state index contributed by atoms with van der Waals surface area (Å²) < 4.78 is 0. The highest BCUT2D eigenvalue weighted by Crippen LogP contribution is 2.18. The quantitative estimate of drug-likeness (QED) is 0.688. The first-order chi connectivity index (χ1) is 5.66. The van der Waals surface area contributed by atoms with Crippen molar-refractivity contribution in [2.24, 2.45) is 0 Å². The van der Waals surface area contributed by atoms with Gasteiger partial charge in [0.1, 0.15) is 6.09 Å². The molecule has 1 N–H and O–H groups in total. The third kappa shape index (κ3) is 1.48. The summed E-state index contributed by atoms with van der Waals surface area (Å²) in [5.74, 6) is 0.0687. The second-order valence-corrected chi connectivity index (χ2v) is 2.31. The van der Waals surface area contributed by atoms with Gasteiger partial charge in [-0.05, 0) is 6.92 Å². The number of halogens is 1. The molecule has 1 aromatic heterocycles. The number of nitrogens with one attached hydrogen (secondary N) is 1. The Morgan fingerprint density at radius 2 is 2.42 bits per heavy atom. The van der Waals surface area contributed by atoms with Crippen molar-refractivity contribution in [3.63, 3.8) is 0 Å². The van der Waals surface area contributed by atoms with Gasteiger partial charge in [-0.3, -0.25) is 0 Å². The summed E-state index contributed by atoms with van der Waals surface area (Å²) in [4.78, 5) is 11.3. The molecule has 7 heteroatoms. The van der Waals surface area contributed by atoms with Crippen LogP contribution in [0.5, 0.6) is 0 Å². The number of rotatable bonds is 2. The predicted octanol–water partition coefficient (Wildman–Crippen LogP) is -0.372. The van der Waals surface area contributed by atoms with Gasteiger partial charge in [-0.15, -0.1) is 10.2 Å². The van der Waals surface area contributed by atoms with Gasteiger partial charge < -0.3 is 14.8 Å². The van der Waals surface area contributed by atoms with Crippen LogP contribution in [0.1, 0.15) is 6.92 Å². The zero-order chi connectivity index (χ0) is 9.14. The highest BCUT2D eigenvalue weighted by atomic mass is 35.5. The maximum absolute atomic E-state index is 10.5. The Morgan fingerprint density at radius 1 is 1.75 bits per heavy atom. The van der Waals surface area contributed by atoms with Crippen LogP contribution in [0.3, 0.4) is 0 Å². The zero-order valence-electron chi connectivity index (χ0n) is 6.24. The van der Waals surface area contributed by atoms with E-state index in [0.717, 1.165) is 4.90 Å². The lowest BCUT2D eigenvalue weighted by Crippen LogP contribution is -2.41. The molecular weight excluding hydrogens is 184 g/mol. The van der Waals surface area contributed by atoms with Gasteiger partial charge in [0.05, 0.1) is 0 Å². The number of aromatic amines is 1. The average molecular weight is 190 g/mol. The van der Waals surface area contributed by atoms with Crippen LogP contribution in [0.15, 0.2) is 0 Å². The van der Waals surface area contributed by atoms with Gasteiger partial charge >= 0.3 is 0 Å². The van der Waals surface area contributed by atoms with Crippen molar-refractivity contribution < 1.29 is 9.90 Å². The van der Waals surface area contributed by atoms with E-state index >= 15 is 0 Å². The van der Waals surface area contributed by atoms with Crippen molar-refractivity contribution in [1.82, 2.24) is 15.4 Å². The molecule has 6 nitrogen and oxygen atoms in total. The second kappa shape index (κ2) is 3.40. The number of aromatic nitrogens is 3. The highest BCUT2D eigenvalue weighted by Gasteiger charge is 2.12. The number of carbonyl (C=O) groups is 1. The Bertz CT molecular complexity index is 287. The van der Waals surface area contributed by atoms with Crippen molar-refractivity contribution in [2.45, 2.75) is 6.92 Å². The van der Waals surface area contributed by atoms with Crippen molar-refractivity contribution >= 4 is 23.5 Å². The number of carboxylic acid groups (broad SMARTS) is 1. The molecule has 1 rings (SSSR count). The minimum absolute atomic E-state index is 0.0149. The molecule has 66 valence electrons. The summed E-state index contributed by atoms with van der Waals surface area (Å²) in [6, 6.07) is 0. The van der Waals surface area contributed by atoms with Gasteiger partial charge in [0.25, 0.3) is 0 Å². The van der Waals surface area contributed by atoms with Crippen LogP contribution < -0.4 is 10.0 Å². The number of H-pyrrole nitrogens is 1. The van der Waals surface area contributed by atoms with Crippen LogP contribution in [0.2, 0.25) is 5.15 Å². The van der Waals surface area contributed by atoms with Crippen molar-refractivity contribution in [3.05, 3.63) is 5.15 Å². The van der Waals surface area contributed by atoms with Gasteiger partial charge in [-0.25, -0.2) is 0 Å². The van der Waals surface area contributed by atoms with Crippen LogP contribution >= 0.6 is 11.6 Å². The Kier molecular flexibility index (Phi) is 2.49. The Balaban J connectivity index is 2.94. The Labute approximate surface area is 73.1 Å². The zero-order valence-corrected chi connectivity index (χ0v) is 7.00. The lowest BCUT2D eigenvalue weighted by molar-refractivity contribution is -0.246. The smallest absolute Gasteiger partial charge is 0.195 e. The molecule has 0 aromatic carbocycles. The summed E-state index contributed by atoms with van der Waals surface area (Å²) in [7, 11) is 0. The van der Waals surface area contributed by atoms with Crippen LogP contribution in [-0.4, -0.2) is 28.0 Å². The van der Waals surface area contributed by atoms with Gasteiger partial charge in [0.2, 0.25) is 0 Å². The number of anilines is 1. The summed E-state index contributed by atoms with van der Waals surface area (Å²) >= 11 is 5.52. The first kappa shape index (κ1) is 8.79. The molecule has 0 atom stereocenters. The topological polar surface area (TPSA) is 84.9 Å². The third-order valence-corrected chi connectivity index (χ3v) is 1.53. The third-order valence-electron chi connectivity index (χ3n) is 1.28. The summed E-state index contributed by atoms with van der Waals surface area (Å²) in [5, 5.41) is 19.7. The summed E-state index contributed by atoms with van der Waals surface area (Å²) in [6.07, 6.45) is -1.35. The van der Waals surface area contributed by atoms with Crippen molar-refractivity contribution in [2.75, 3.05) is 11.4 Å². The predicted molar refractivity (Wildman–Crippen MR) is 39.8 cm³/mol. The molecule has 0 unspecified atom stereocenters. The van der Waals surface area contributed by atoms with Gasteiger partial charge in [-0.1, -0.05) is 11.6 Å². The van der Waals surface area contributed by atoms with Crippen LogP contribution in [0.4, 0.5) is 10.6 Å². The molecule has 0 aliphatic carbocycles. The van der Waals surface area contributed by atoms with E-state index in [0.29, 0.717) is 0 Å². The minimum atomic E-state index is -1.35. The lowest BCUT2D eigenvalue weighted by Gasteiger charge is -2.19. The molecule has 0 radical (unpaired) electrons. The van der Waals surface area contributed by atoms with E-state index in [4.69, 9.17) is 11.6 Å². The van der Waals surface area contributed by atoms with Gasteiger partial charge in [0, 0.05) is 6.54 Å². The maximum atomic E-state index is 10.5. The average Bonchev–Trinajstić information content (AvgIpc) is 2.38. The number of amides is 1. The lowest BCUT2D eigenvalue weighted by atomic mass is 10.5. The van der Waals surface area contributed by atoms with E-state index in [1.54, 1.807) is 6.92 Å². The standard InChI is InChI=1S/C5H7ClN4O2/c1-2-10(5(11)12)4-3(6)7-9-8-4/h2H2,1H3,(H,11,12)(H,7,8,9)/p-1. The molecular formula is C5H6ClN4O2-. The van der Waals surface area contributed by atoms with E-state index < -0.39 is 6.09 Å². The molecule has 0 saturated heterocycles. The van der Waals surface area contributed by atoms with E-state index in [1.165, 1.54) is 0 Å². The highest BCUT2D eigenvalue weighted by molar-refractivity contribution is 6.32. The maximum Gasteiger partial charge on any atom is 0.195 e. The number of hydrogen-bond acceptors (Lipinski definition) is 4. The molecule has 0 bridgehead atoms. The molecule has 0 fully saturated rings. The first-order valence-electron chi connectivity index (χ1n) is 3.21. The number of carbonyl (C=O) groups excluding carboxylic acids is 1. The minimum Gasteiger partial charge on any atom is -0.530 e. The molecule has 1 aromatic rings. The molecule has 12 heavy (non-hydrogen) atoms. The molecule has 1 heterocycles. The van der Waals surface area contributed by atoms with Gasteiger partial charge in [0.15, 0.2) is 11.0 Å². The summed E-state index contributed by atoms with van der Waals surface area (Å²) in [5.41, 5.74) is 0. The van der Waals surface area contributed by atoms with E-state index in [2.05, 4.69) is 15.4 Å². The fraction of sp³-hybridized carbons (Fsp3) is 0.400. The number of nitrogens with zero attached hydrogens (tertiary/aromatic N) is 3. The van der Waals surface area contributed by atoms with Crippen LogP contribution in [-0.2, 0) is 0 Å². The van der Waals surface area contributed by atoms with Gasteiger partial charge in [-0.2, -0.15) is 5.21 Å². The fourth-order valence-electron chi connectivity index (χ4n) is 0.749. The van der Waals surface area contributed by atoms with Crippen molar-refractivity contribution in [1.29, 1.82) is 0 Å². The second-order valence-electron chi connectivity index (χ2n) is 1.95. The number of hydrogen-bond donors (Lipinski definition) is 1. The van der Waals surface area contributed by atoms with E-state index in [1.807, 2.05) is 0 Å². The largest absolute Gasteiger partial charge is 0.530 e. The first-order valence-corrected chi connectivity index (χ1v) is 3.59. The Morgan fingerprint density at radius 3 is 2.75 bits per heavy atom. The van der Waals surface area contributed by atoms with Crippen molar-refractivity contribution in [3.8, 4) is 0 Å². The molecule has 1 amide bonds. The summed E-state index contributed by atoms with van der Waals surface area (Å²) in [6.45, 7) is 1.86. The normalized spacial score (nSPS) is 9.83. The van der Waals surface area contributed by atoms with E-state index in [-0.39, 0.29) is 17.5 Å². The van der Waals surface area contributed by atoms with E-state index in [9.17, 15) is 9.90 Å². The molecule has 0 aliphatic heterocycles. The fourth-order valence-corrected chi connectivity index (χ4v) is 0.932. The Hall–Kier alpha value is -1.30. The molecule has 0 saturated carbocycles. The monoisotopic (exact) mass is 189 g/mol. The SMILES string of the molecule is CCN(C(=O)[O-])c1n[nH]nc1Cl. The van der Waals surface area contributed by atoms with Crippen LogP contribution in [0.25, 0.3) is 0 Å².